The second-order valence-electron chi connectivity index (χ2n) is 6.44. The minimum absolute atomic E-state index is 0.235. The second-order valence-corrected chi connectivity index (χ2v) is 6.44. The number of amides is 1. The molecule has 1 unspecified atom stereocenters. The van der Waals surface area contributed by atoms with E-state index in [2.05, 4.69) is 27.8 Å². The van der Waals surface area contributed by atoms with E-state index in [1.165, 1.54) is 36.9 Å². The van der Waals surface area contributed by atoms with Crippen molar-refractivity contribution in [2.24, 2.45) is 0 Å². The van der Waals surface area contributed by atoms with Gasteiger partial charge >= 0.3 is 0 Å². The van der Waals surface area contributed by atoms with Crippen LogP contribution in [0.15, 0.2) is 18.3 Å². The van der Waals surface area contributed by atoms with E-state index in [1.807, 2.05) is 12.3 Å². The number of carbonyl (C=O) groups excluding carboxylic acids is 1. The van der Waals surface area contributed by atoms with Gasteiger partial charge in [0.2, 0.25) is 5.91 Å². The maximum atomic E-state index is 11.8. The fourth-order valence-electron chi connectivity index (χ4n) is 3.33. The molecule has 1 saturated carbocycles. The molecule has 4 nitrogen and oxygen atoms in total. The van der Waals surface area contributed by atoms with E-state index in [1.54, 1.807) is 6.92 Å². The Hall–Kier alpha value is -1.42. The van der Waals surface area contributed by atoms with E-state index in [0.717, 1.165) is 19.6 Å². The average molecular weight is 287 g/mol. The van der Waals surface area contributed by atoms with E-state index in [-0.39, 0.29) is 5.91 Å². The number of hydrogen-bond donors (Lipinski definition) is 0. The third kappa shape index (κ3) is 3.43. The highest BCUT2D eigenvalue weighted by Crippen LogP contribution is 2.29. The quantitative estimate of drug-likeness (QED) is 0.834. The molecular weight excluding hydrogens is 262 g/mol. The molecule has 1 amide bonds. The summed E-state index contributed by atoms with van der Waals surface area (Å²) in [7, 11) is 0. The van der Waals surface area contributed by atoms with Crippen LogP contribution in [0.3, 0.4) is 0 Å². The largest absolute Gasteiger partial charge is 0.338 e. The van der Waals surface area contributed by atoms with Crippen molar-refractivity contribution in [1.29, 1.82) is 0 Å². The summed E-state index contributed by atoms with van der Waals surface area (Å²) < 4.78 is 0. The van der Waals surface area contributed by atoms with Gasteiger partial charge in [-0.05, 0) is 50.8 Å². The molecule has 1 atom stereocenters. The minimum atomic E-state index is 0.235. The molecule has 4 heteroatoms. The highest BCUT2D eigenvalue weighted by Gasteiger charge is 2.35. The number of carbonyl (C=O) groups is 1. The fraction of sp³-hybridized carbons (Fsp3) is 0.647. The molecule has 1 aromatic rings. The maximum absolute atomic E-state index is 11.8. The summed E-state index contributed by atoms with van der Waals surface area (Å²) in [5, 5.41) is 0. The Morgan fingerprint density at radius 3 is 2.90 bits per heavy atom. The van der Waals surface area contributed by atoms with Crippen LogP contribution in [-0.2, 0) is 11.3 Å². The summed E-state index contributed by atoms with van der Waals surface area (Å²) in [6.07, 6.45) is 6.67. The molecule has 2 fully saturated rings. The first-order valence-electron chi connectivity index (χ1n) is 8.07. The Morgan fingerprint density at radius 2 is 2.24 bits per heavy atom. The Labute approximate surface area is 127 Å². The highest BCUT2D eigenvalue weighted by atomic mass is 16.2. The summed E-state index contributed by atoms with van der Waals surface area (Å²) in [6, 6.07) is 5.13. The zero-order chi connectivity index (χ0) is 14.8. The van der Waals surface area contributed by atoms with Crippen LogP contribution in [0.5, 0.6) is 0 Å². The zero-order valence-electron chi connectivity index (χ0n) is 13.1. The number of nitrogens with zero attached hydrogens (tertiary/aromatic N) is 3. The molecule has 0 bridgehead atoms. The van der Waals surface area contributed by atoms with Crippen molar-refractivity contribution in [1.82, 2.24) is 14.8 Å². The Kier molecular flexibility index (Phi) is 4.24. The summed E-state index contributed by atoms with van der Waals surface area (Å²) in [5.41, 5.74) is 2.43. The van der Waals surface area contributed by atoms with Gasteiger partial charge in [0.15, 0.2) is 0 Å². The molecule has 3 rings (SSSR count). The SMILES string of the molecule is CC(=O)N(CC1CCCN1Cc1ncccc1C)C1CC1. The topological polar surface area (TPSA) is 36.4 Å². The van der Waals surface area contributed by atoms with Crippen molar-refractivity contribution < 1.29 is 4.79 Å². The highest BCUT2D eigenvalue weighted by molar-refractivity contribution is 5.74. The lowest BCUT2D eigenvalue weighted by Crippen LogP contribution is -2.43. The fourth-order valence-corrected chi connectivity index (χ4v) is 3.33. The monoisotopic (exact) mass is 287 g/mol. The smallest absolute Gasteiger partial charge is 0.219 e. The predicted octanol–water partition coefficient (Wildman–Crippen LogP) is 2.37. The number of hydrogen-bond acceptors (Lipinski definition) is 3. The first kappa shape index (κ1) is 14.5. The van der Waals surface area contributed by atoms with Crippen LogP contribution in [0.25, 0.3) is 0 Å². The van der Waals surface area contributed by atoms with Crippen molar-refractivity contribution in [3.63, 3.8) is 0 Å². The van der Waals surface area contributed by atoms with Crippen molar-refractivity contribution in [2.75, 3.05) is 13.1 Å². The minimum Gasteiger partial charge on any atom is -0.338 e. The third-order valence-corrected chi connectivity index (χ3v) is 4.77. The number of likely N-dealkylation sites (tertiary alicyclic amines) is 1. The predicted molar refractivity (Wildman–Crippen MR) is 82.8 cm³/mol. The van der Waals surface area contributed by atoms with Gasteiger partial charge in [-0.25, -0.2) is 0 Å². The normalized spacial score (nSPS) is 22.5. The molecule has 0 N–H and O–H groups in total. The van der Waals surface area contributed by atoms with Gasteiger partial charge in [-0.3, -0.25) is 14.7 Å². The molecule has 1 aromatic heterocycles. The van der Waals surface area contributed by atoms with Crippen LogP contribution in [0, 0.1) is 6.92 Å². The van der Waals surface area contributed by atoms with Gasteiger partial charge in [0, 0.05) is 38.3 Å². The Balaban J connectivity index is 1.65. The van der Waals surface area contributed by atoms with Crippen LogP contribution in [0.2, 0.25) is 0 Å². The van der Waals surface area contributed by atoms with Gasteiger partial charge in [-0.2, -0.15) is 0 Å². The molecule has 0 radical (unpaired) electrons. The van der Waals surface area contributed by atoms with E-state index < -0.39 is 0 Å². The lowest BCUT2D eigenvalue weighted by Gasteiger charge is -2.30. The number of aryl methyl sites for hydroxylation is 1. The molecule has 2 heterocycles. The molecule has 1 aliphatic heterocycles. The number of pyridine rings is 1. The standard InChI is InChI=1S/C17H25N3O/c1-13-5-3-9-18-17(13)12-19-10-4-6-16(19)11-20(14(2)21)15-7-8-15/h3,5,9,15-16H,4,6-8,10-12H2,1-2H3. The zero-order valence-corrected chi connectivity index (χ0v) is 13.1. The van der Waals surface area contributed by atoms with Gasteiger partial charge in [0.25, 0.3) is 0 Å². The van der Waals surface area contributed by atoms with Crippen molar-refractivity contribution in [3.05, 3.63) is 29.6 Å². The van der Waals surface area contributed by atoms with Gasteiger partial charge < -0.3 is 4.90 Å². The Morgan fingerprint density at radius 1 is 1.43 bits per heavy atom. The summed E-state index contributed by atoms with van der Waals surface area (Å²) in [4.78, 5) is 20.9. The lowest BCUT2D eigenvalue weighted by atomic mass is 10.1. The molecule has 0 spiro atoms. The van der Waals surface area contributed by atoms with Crippen LogP contribution in [0.1, 0.15) is 43.9 Å². The van der Waals surface area contributed by atoms with Crippen LogP contribution >= 0.6 is 0 Å². The van der Waals surface area contributed by atoms with E-state index in [0.29, 0.717) is 12.1 Å². The van der Waals surface area contributed by atoms with E-state index in [9.17, 15) is 4.79 Å². The lowest BCUT2D eigenvalue weighted by molar-refractivity contribution is -0.130. The molecule has 114 valence electrons. The number of aromatic nitrogens is 1. The average Bonchev–Trinajstić information content (AvgIpc) is 3.20. The van der Waals surface area contributed by atoms with Crippen molar-refractivity contribution in [2.45, 2.75) is 58.2 Å². The summed E-state index contributed by atoms with van der Waals surface area (Å²) >= 11 is 0. The molecule has 1 saturated heterocycles. The molecule has 1 aliphatic carbocycles. The van der Waals surface area contributed by atoms with Gasteiger partial charge in [0.1, 0.15) is 0 Å². The third-order valence-electron chi connectivity index (χ3n) is 4.77. The maximum Gasteiger partial charge on any atom is 0.219 e. The summed E-state index contributed by atoms with van der Waals surface area (Å²) in [6.45, 7) is 6.76. The van der Waals surface area contributed by atoms with Crippen LogP contribution in [0.4, 0.5) is 0 Å². The summed E-state index contributed by atoms with van der Waals surface area (Å²) in [5.74, 6) is 0.235. The van der Waals surface area contributed by atoms with Crippen LogP contribution in [-0.4, -0.2) is 45.9 Å². The van der Waals surface area contributed by atoms with Crippen LogP contribution < -0.4 is 0 Å². The van der Waals surface area contributed by atoms with Gasteiger partial charge in [0.05, 0.1) is 5.69 Å². The number of rotatable bonds is 5. The van der Waals surface area contributed by atoms with Gasteiger partial charge in [-0.15, -0.1) is 0 Å². The molecule has 21 heavy (non-hydrogen) atoms. The Bertz CT molecular complexity index is 513. The second kappa shape index (κ2) is 6.14. The molecule has 0 aromatic carbocycles. The first-order valence-corrected chi connectivity index (χ1v) is 8.07. The van der Waals surface area contributed by atoms with Crippen molar-refractivity contribution in [3.8, 4) is 0 Å². The first-order chi connectivity index (χ1) is 10.1. The molecular formula is C17H25N3O. The molecule has 2 aliphatic rings. The van der Waals surface area contributed by atoms with Crippen molar-refractivity contribution >= 4 is 5.91 Å². The van der Waals surface area contributed by atoms with E-state index >= 15 is 0 Å². The van der Waals surface area contributed by atoms with E-state index in [4.69, 9.17) is 0 Å². The van der Waals surface area contributed by atoms with Gasteiger partial charge in [-0.1, -0.05) is 6.07 Å².